The summed E-state index contributed by atoms with van der Waals surface area (Å²) in [5, 5.41) is 6.01. The molecule has 0 saturated heterocycles. The van der Waals surface area contributed by atoms with Gasteiger partial charge in [0.1, 0.15) is 0 Å². The molecule has 0 aliphatic rings. The highest BCUT2D eigenvalue weighted by Crippen LogP contribution is 2.11. The van der Waals surface area contributed by atoms with E-state index in [0.29, 0.717) is 46.2 Å². The van der Waals surface area contributed by atoms with Gasteiger partial charge in [-0.2, -0.15) is 0 Å². The van der Waals surface area contributed by atoms with Crippen molar-refractivity contribution in [3.63, 3.8) is 0 Å². The number of likely N-dealkylation sites (N-methyl/N-ethyl adjacent to an activating group) is 1. The quantitative estimate of drug-likeness (QED) is 0.493. The summed E-state index contributed by atoms with van der Waals surface area (Å²) < 4.78 is 16.1. The van der Waals surface area contributed by atoms with Crippen molar-refractivity contribution in [1.82, 2.24) is 10.6 Å². The third-order valence-electron chi connectivity index (χ3n) is 2.63. The maximum absolute atomic E-state index is 11.6. The predicted molar refractivity (Wildman–Crippen MR) is 83.5 cm³/mol. The van der Waals surface area contributed by atoms with E-state index in [4.69, 9.17) is 14.2 Å². The molecule has 0 bridgehead atoms. The molecule has 1 amide bonds. The number of hydrogen-bond donors (Lipinski definition) is 2. The number of nitrogens with one attached hydrogen (secondary N) is 2. The molecule has 0 spiro atoms. The average Bonchev–Trinajstić information content (AvgIpc) is 2.42. The van der Waals surface area contributed by atoms with Crippen LogP contribution in [-0.4, -0.2) is 65.2 Å². The van der Waals surface area contributed by atoms with E-state index < -0.39 is 0 Å². The van der Waals surface area contributed by atoms with Gasteiger partial charge in [0.15, 0.2) is 0 Å². The van der Waals surface area contributed by atoms with Crippen LogP contribution in [0.2, 0.25) is 0 Å². The van der Waals surface area contributed by atoms with E-state index >= 15 is 0 Å². The first-order valence-electron chi connectivity index (χ1n) is 7.70. The lowest BCUT2D eigenvalue weighted by Crippen LogP contribution is -2.36. The molecule has 0 unspecified atom stereocenters. The summed E-state index contributed by atoms with van der Waals surface area (Å²) in [6, 6.07) is 0. The Morgan fingerprint density at radius 3 is 1.81 bits per heavy atom. The van der Waals surface area contributed by atoms with Crippen molar-refractivity contribution in [3.8, 4) is 0 Å². The minimum atomic E-state index is -0.351. The van der Waals surface area contributed by atoms with Crippen LogP contribution in [0, 0.1) is 5.41 Å². The largest absolute Gasteiger partial charge is 0.378 e. The smallest absolute Gasteiger partial charge is 0.225 e. The molecule has 6 heteroatoms. The maximum Gasteiger partial charge on any atom is 0.225 e. The summed E-state index contributed by atoms with van der Waals surface area (Å²) in [4.78, 5) is 11.6. The molecule has 21 heavy (non-hydrogen) atoms. The standard InChI is InChI=1S/C15H32N2O4/c1-5-16-6-8-19-10-12-21-13-11-20-9-7-17-14(18)15(2,3)4/h16H,5-13H2,1-4H3,(H,17,18). The minimum absolute atomic E-state index is 0.0389. The van der Waals surface area contributed by atoms with Crippen molar-refractivity contribution in [2.24, 2.45) is 5.41 Å². The van der Waals surface area contributed by atoms with Crippen LogP contribution in [0.1, 0.15) is 27.7 Å². The van der Waals surface area contributed by atoms with E-state index in [2.05, 4.69) is 17.6 Å². The topological polar surface area (TPSA) is 68.8 Å². The van der Waals surface area contributed by atoms with Gasteiger partial charge in [0.2, 0.25) is 5.91 Å². The van der Waals surface area contributed by atoms with E-state index in [1.807, 2.05) is 20.8 Å². The van der Waals surface area contributed by atoms with Crippen LogP contribution in [0.25, 0.3) is 0 Å². The molecule has 0 radical (unpaired) electrons. The van der Waals surface area contributed by atoms with Crippen molar-refractivity contribution in [2.75, 3.05) is 59.3 Å². The molecule has 0 aromatic carbocycles. The van der Waals surface area contributed by atoms with Crippen LogP contribution >= 0.6 is 0 Å². The zero-order valence-corrected chi connectivity index (χ0v) is 14.0. The number of rotatable bonds is 13. The van der Waals surface area contributed by atoms with Crippen LogP contribution in [-0.2, 0) is 19.0 Å². The Morgan fingerprint density at radius 2 is 1.33 bits per heavy atom. The highest BCUT2D eigenvalue weighted by molar-refractivity contribution is 5.81. The lowest BCUT2D eigenvalue weighted by Gasteiger charge is -2.17. The zero-order chi connectivity index (χ0) is 16.0. The van der Waals surface area contributed by atoms with Crippen LogP contribution < -0.4 is 10.6 Å². The molecule has 0 saturated carbocycles. The van der Waals surface area contributed by atoms with Gasteiger partial charge in [-0.1, -0.05) is 27.7 Å². The van der Waals surface area contributed by atoms with E-state index in [9.17, 15) is 4.79 Å². The fraction of sp³-hybridized carbons (Fsp3) is 0.933. The van der Waals surface area contributed by atoms with E-state index in [1.165, 1.54) is 0 Å². The molecule has 0 aliphatic heterocycles. The van der Waals surface area contributed by atoms with E-state index in [0.717, 1.165) is 13.1 Å². The van der Waals surface area contributed by atoms with Gasteiger partial charge in [0.25, 0.3) is 0 Å². The molecule has 0 aromatic rings. The lowest BCUT2D eigenvalue weighted by molar-refractivity contribution is -0.128. The van der Waals surface area contributed by atoms with Crippen LogP contribution in [0.5, 0.6) is 0 Å². The lowest BCUT2D eigenvalue weighted by atomic mass is 9.96. The molecule has 0 aromatic heterocycles. The summed E-state index contributed by atoms with van der Waals surface area (Å²) in [6.07, 6.45) is 0. The van der Waals surface area contributed by atoms with Crippen molar-refractivity contribution < 1.29 is 19.0 Å². The third-order valence-corrected chi connectivity index (χ3v) is 2.63. The molecule has 2 N–H and O–H groups in total. The summed E-state index contributed by atoms with van der Waals surface area (Å²) >= 11 is 0. The highest BCUT2D eigenvalue weighted by Gasteiger charge is 2.20. The first-order valence-corrected chi connectivity index (χ1v) is 7.70. The summed E-state index contributed by atoms with van der Waals surface area (Å²) in [7, 11) is 0. The van der Waals surface area contributed by atoms with Gasteiger partial charge in [-0.25, -0.2) is 0 Å². The van der Waals surface area contributed by atoms with Gasteiger partial charge in [-0.15, -0.1) is 0 Å². The van der Waals surface area contributed by atoms with Gasteiger partial charge in [-0.3, -0.25) is 4.79 Å². The van der Waals surface area contributed by atoms with Gasteiger partial charge in [0, 0.05) is 18.5 Å². The van der Waals surface area contributed by atoms with Crippen LogP contribution in [0.4, 0.5) is 0 Å². The van der Waals surface area contributed by atoms with E-state index in [1.54, 1.807) is 0 Å². The molecule has 6 nitrogen and oxygen atoms in total. The van der Waals surface area contributed by atoms with Crippen molar-refractivity contribution in [3.05, 3.63) is 0 Å². The van der Waals surface area contributed by atoms with Gasteiger partial charge < -0.3 is 24.8 Å². The fourth-order valence-electron chi connectivity index (χ4n) is 1.36. The Balaban J connectivity index is 3.14. The Hall–Kier alpha value is -0.690. The normalized spacial score (nSPS) is 11.6. The van der Waals surface area contributed by atoms with Crippen molar-refractivity contribution in [2.45, 2.75) is 27.7 Å². The number of hydrogen-bond acceptors (Lipinski definition) is 5. The second-order valence-electron chi connectivity index (χ2n) is 5.70. The average molecular weight is 304 g/mol. The second kappa shape index (κ2) is 13.0. The molecule has 0 atom stereocenters. The molecular weight excluding hydrogens is 272 g/mol. The predicted octanol–water partition coefficient (Wildman–Crippen LogP) is 0.808. The number of ether oxygens (including phenoxy) is 3. The second-order valence-corrected chi connectivity index (χ2v) is 5.70. The third kappa shape index (κ3) is 14.0. The SMILES string of the molecule is CCNCCOCCOCCOCCNC(=O)C(C)(C)C. The molecule has 0 rings (SSSR count). The maximum atomic E-state index is 11.6. The fourth-order valence-corrected chi connectivity index (χ4v) is 1.36. The first-order chi connectivity index (χ1) is 9.98. The summed E-state index contributed by atoms with van der Waals surface area (Å²) in [5.74, 6) is 0.0389. The Bertz CT molecular complexity index is 255. The summed E-state index contributed by atoms with van der Waals surface area (Å²) in [5.41, 5.74) is -0.351. The van der Waals surface area contributed by atoms with Crippen LogP contribution in [0.15, 0.2) is 0 Å². The van der Waals surface area contributed by atoms with Gasteiger partial charge >= 0.3 is 0 Å². The molecule has 0 fully saturated rings. The molecule has 126 valence electrons. The van der Waals surface area contributed by atoms with E-state index in [-0.39, 0.29) is 11.3 Å². The Kier molecular flexibility index (Phi) is 12.6. The minimum Gasteiger partial charge on any atom is -0.378 e. The van der Waals surface area contributed by atoms with Crippen molar-refractivity contribution >= 4 is 5.91 Å². The Morgan fingerprint density at radius 1 is 0.857 bits per heavy atom. The summed E-state index contributed by atoms with van der Waals surface area (Å²) in [6.45, 7) is 13.6. The monoisotopic (exact) mass is 304 g/mol. The zero-order valence-electron chi connectivity index (χ0n) is 14.0. The molecular formula is C15H32N2O4. The van der Waals surface area contributed by atoms with Crippen molar-refractivity contribution in [1.29, 1.82) is 0 Å². The van der Waals surface area contributed by atoms with Crippen LogP contribution in [0.3, 0.4) is 0 Å². The molecule has 0 aliphatic carbocycles. The highest BCUT2D eigenvalue weighted by atomic mass is 16.5. The van der Waals surface area contributed by atoms with Gasteiger partial charge in [0.05, 0.1) is 39.6 Å². The number of carbonyl (C=O) groups is 1. The van der Waals surface area contributed by atoms with Gasteiger partial charge in [-0.05, 0) is 6.54 Å². The number of amides is 1. The Labute approximate surface area is 128 Å². The number of carbonyl (C=O) groups excluding carboxylic acids is 1. The molecule has 0 heterocycles. The first kappa shape index (κ1) is 20.3.